The van der Waals surface area contributed by atoms with Crippen molar-refractivity contribution >= 4 is 17.7 Å². The molecule has 0 aromatic heterocycles. The number of esters is 1. The molecule has 0 saturated carbocycles. The minimum Gasteiger partial charge on any atom is -0.465 e. The lowest BCUT2D eigenvalue weighted by atomic mass is 9.92. The van der Waals surface area contributed by atoms with Crippen LogP contribution in [0.4, 0.5) is 0 Å². The molecule has 2 fully saturated rings. The van der Waals surface area contributed by atoms with Crippen LogP contribution in [0.15, 0.2) is 59.3 Å². The molecule has 2 rings (SSSR count). The lowest BCUT2D eigenvalue weighted by Gasteiger charge is -2.22. The summed E-state index contributed by atoms with van der Waals surface area (Å²) in [5, 5.41) is 21.7. The van der Waals surface area contributed by atoms with Gasteiger partial charge < -0.3 is 25.0 Å². The summed E-state index contributed by atoms with van der Waals surface area (Å²) >= 11 is 0. The number of methoxy groups -OCH3 is 1. The fourth-order valence-electron chi connectivity index (χ4n) is 3.26. The van der Waals surface area contributed by atoms with Crippen molar-refractivity contribution in [3.8, 4) is 0 Å². The molecule has 30 heavy (non-hydrogen) atoms. The number of ketones is 1. The Morgan fingerprint density at radius 1 is 1.27 bits per heavy atom. The Labute approximate surface area is 175 Å². The number of epoxide rings is 1. The van der Waals surface area contributed by atoms with Crippen LogP contribution in [0.5, 0.6) is 0 Å². The number of morpholine rings is 1. The van der Waals surface area contributed by atoms with Crippen LogP contribution in [0, 0.1) is 0 Å². The van der Waals surface area contributed by atoms with Crippen molar-refractivity contribution in [3.63, 3.8) is 0 Å². The molecule has 8 heteroatoms. The van der Waals surface area contributed by atoms with Gasteiger partial charge in [0.2, 0.25) is 11.4 Å². The van der Waals surface area contributed by atoms with Gasteiger partial charge in [0.15, 0.2) is 11.8 Å². The second-order valence-corrected chi connectivity index (χ2v) is 7.13. The molecule has 2 aliphatic heterocycles. The maximum absolute atomic E-state index is 12.7. The van der Waals surface area contributed by atoms with E-state index in [1.807, 2.05) is 6.92 Å². The van der Waals surface area contributed by atoms with Crippen molar-refractivity contribution in [2.45, 2.75) is 44.6 Å². The summed E-state index contributed by atoms with van der Waals surface area (Å²) in [6, 6.07) is 0. The van der Waals surface area contributed by atoms with Crippen LogP contribution in [-0.2, 0) is 23.9 Å². The van der Waals surface area contributed by atoms with Crippen molar-refractivity contribution in [1.29, 1.82) is 0 Å². The van der Waals surface area contributed by atoms with E-state index >= 15 is 0 Å². The number of aliphatic hydroxyl groups excluding tert-OH is 1. The highest BCUT2D eigenvalue weighted by Gasteiger charge is 2.80. The van der Waals surface area contributed by atoms with Crippen molar-refractivity contribution in [2.24, 2.45) is 0 Å². The first-order valence-corrected chi connectivity index (χ1v) is 9.49. The number of fused-ring (bicyclic) bond motifs is 1. The maximum atomic E-state index is 12.7. The Morgan fingerprint density at radius 2 is 1.97 bits per heavy atom. The fourth-order valence-corrected chi connectivity index (χ4v) is 3.26. The summed E-state index contributed by atoms with van der Waals surface area (Å²) in [6.07, 6.45) is 10.6. The maximum Gasteiger partial charge on any atom is 0.337 e. The van der Waals surface area contributed by atoms with E-state index < -0.39 is 35.1 Å². The van der Waals surface area contributed by atoms with Gasteiger partial charge in [-0.3, -0.25) is 9.59 Å². The van der Waals surface area contributed by atoms with Gasteiger partial charge in [0.25, 0.3) is 5.91 Å². The molecule has 2 heterocycles. The first-order valence-electron chi connectivity index (χ1n) is 9.49. The highest BCUT2D eigenvalue weighted by molar-refractivity contribution is 6.21. The molecule has 0 aromatic rings. The fraction of sp³-hybridized carbons (Fsp3) is 0.409. The van der Waals surface area contributed by atoms with E-state index in [4.69, 9.17) is 9.84 Å². The summed E-state index contributed by atoms with van der Waals surface area (Å²) in [4.78, 5) is 36.5. The van der Waals surface area contributed by atoms with Gasteiger partial charge in [-0.25, -0.2) is 4.79 Å². The van der Waals surface area contributed by atoms with E-state index in [9.17, 15) is 19.5 Å². The topological polar surface area (TPSA) is 125 Å². The van der Waals surface area contributed by atoms with Crippen LogP contribution < -0.4 is 5.32 Å². The summed E-state index contributed by atoms with van der Waals surface area (Å²) in [6.45, 7) is 4.78. The predicted octanol–water partition coefficient (Wildman–Crippen LogP) is 1.02. The molecule has 0 aromatic carbocycles. The zero-order valence-corrected chi connectivity index (χ0v) is 17.5. The van der Waals surface area contributed by atoms with Gasteiger partial charge in [0, 0.05) is 13.0 Å². The first kappa shape index (κ1) is 23.5. The van der Waals surface area contributed by atoms with E-state index in [1.54, 1.807) is 56.4 Å². The van der Waals surface area contributed by atoms with Gasteiger partial charge in [0.05, 0.1) is 12.7 Å². The third-order valence-corrected chi connectivity index (χ3v) is 4.95. The Kier molecular flexibility index (Phi) is 7.30. The number of nitrogens with one attached hydrogen (secondary N) is 1. The molecule has 2 saturated heterocycles. The van der Waals surface area contributed by atoms with Crippen molar-refractivity contribution < 1.29 is 34.1 Å². The second kappa shape index (κ2) is 9.34. The number of carbonyl (C=O) groups excluding carboxylic acids is 3. The molecule has 1 amide bonds. The number of aliphatic hydroxyl groups is 2. The van der Waals surface area contributed by atoms with Crippen LogP contribution in [-0.4, -0.2) is 59.0 Å². The average Bonchev–Trinajstić information content (AvgIpc) is 3.44. The van der Waals surface area contributed by atoms with E-state index in [0.717, 1.165) is 5.57 Å². The van der Waals surface area contributed by atoms with Crippen LogP contribution >= 0.6 is 0 Å². The van der Waals surface area contributed by atoms with Crippen LogP contribution in [0.1, 0.15) is 27.2 Å². The van der Waals surface area contributed by atoms with E-state index in [1.165, 1.54) is 7.11 Å². The zero-order valence-electron chi connectivity index (χ0n) is 17.5. The molecule has 0 spiro atoms. The molecule has 2 aliphatic rings. The zero-order chi connectivity index (χ0) is 22.5. The Morgan fingerprint density at radius 3 is 2.53 bits per heavy atom. The molecule has 3 N–H and O–H groups in total. The lowest BCUT2D eigenvalue weighted by molar-refractivity contribution is -0.138. The number of rotatable bonds is 9. The number of hydrogen-bond donors (Lipinski definition) is 3. The minimum atomic E-state index is -1.74. The van der Waals surface area contributed by atoms with Crippen LogP contribution in [0.3, 0.4) is 0 Å². The summed E-state index contributed by atoms with van der Waals surface area (Å²) in [5.74, 6) is -1.64. The molecule has 3 unspecified atom stereocenters. The van der Waals surface area contributed by atoms with Crippen molar-refractivity contribution in [1.82, 2.24) is 5.32 Å². The molecule has 0 radical (unpaired) electrons. The van der Waals surface area contributed by atoms with Crippen molar-refractivity contribution in [2.75, 3.05) is 13.7 Å². The number of amides is 1. The second-order valence-electron chi connectivity index (χ2n) is 7.13. The highest BCUT2D eigenvalue weighted by Crippen LogP contribution is 2.50. The van der Waals surface area contributed by atoms with E-state index in [0.29, 0.717) is 11.1 Å². The number of Topliss-reactive ketones (excluding diaryl/α,β-unsaturated/α-hetero) is 1. The van der Waals surface area contributed by atoms with Gasteiger partial charge in [-0.2, -0.15) is 0 Å². The molecular weight excluding hydrogens is 390 g/mol. The number of allylic oxidation sites excluding steroid dienone is 7. The average molecular weight is 417 g/mol. The number of carbonyl (C=O) groups is 3. The van der Waals surface area contributed by atoms with Gasteiger partial charge in [0.1, 0.15) is 0 Å². The Bertz CT molecular complexity index is 880. The third kappa shape index (κ3) is 4.51. The molecular formula is C22H27NO7. The Balaban J connectivity index is 2.01. The van der Waals surface area contributed by atoms with Gasteiger partial charge in [-0.1, -0.05) is 42.0 Å². The predicted molar refractivity (Wildman–Crippen MR) is 109 cm³/mol. The van der Waals surface area contributed by atoms with Crippen molar-refractivity contribution in [3.05, 3.63) is 59.3 Å². The highest BCUT2D eigenvalue weighted by atomic mass is 16.6. The Hall–Kier alpha value is -2.81. The number of hydrogen-bond acceptors (Lipinski definition) is 7. The van der Waals surface area contributed by atoms with Crippen LogP contribution in [0.2, 0.25) is 0 Å². The molecule has 8 nitrogen and oxygen atoms in total. The van der Waals surface area contributed by atoms with Crippen LogP contribution in [0.25, 0.3) is 0 Å². The van der Waals surface area contributed by atoms with E-state index in [2.05, 4.69) is 10.1 Å². The molecule has 0 aliphatic carbocycles. The summed E-state index contributed by atoms with van der Waals surface area (Å²) in [5.41, 5.74) is -1.89. The summed E-state index contributed by atoms with van der Waals surface area (Å²) in [7, 11) is 1.32. The molecule has 3 atom stereocenters. The minimum absolute atomic E-state index is 0.121. The molecule has 162 valence electrons. The SMILES string of the molecule is CC=C(C=C(C)C=CC=CC=C(C)C(=O)C12OC1C(O)(CCO)NC2=O)C(=O)OC. The van der Waals surface area contributed by atoms with E-state index in [-0.39, 0.29) is 13.0 Å². The monoisotopic (exact) mass is 417 g/mol. The molecule has 0 bridgehead atoms. The van der Waals surface area contributed by atoms with Gasteiger partial charge in [-0.05, 0) is 32.4 Å². The smallest absolute Gasteiger partial charge is 0.337 e. The first-order chi connectivity index (χ1) is 14.2. The lowest BCUT2D eigenvalue weighted by Crippen LogP contribution is -2.48. The third-order valence-electron chi connectivity index (χ3n) is 4.95. The summed E-state index contributed by atoms with van der Waals surface area (Å²) < 4.78 is 9.97. The van der Waals surface area contributed by atoms with Gasteiger partial charge in [-0.15, -0.1) is 0 Å². The quantitative estimate of drug-likeness (QED) is 0.168. The van der Waals surface area contributed by atoms with Gasteiger partial charge >= 0.3 is 5.97 Å². The standard InChI is InChI=1S/C22H27NO7/c1-5-16(18(26)29-4)13-14(2)9-7-6-8-10-15(3)17(25)22-19(30-22)21(28,11-12-24)23-20(22)27/h5-10,13,19,24,28H,11-12H2,1-4H3,(H,23,27). The largest absolute Gasteiger partial charge is 0.465 e. The number of ether oxygens (including phenoxy) is 2. The normalized spacial score (nSPS) is 29.3.